The summed E-state index contributed by atoms with van der Waals surface area (Å²) in [5, 5.41) is 18.5. The summed E-state index contributed by atoms with van der Waals surface area (Å²) in [5.74, 6) is 0. The van der Waals surface area contributed by atoms with Crippen LogP contribution in [-0.2, 0) is 9.47 Å². The van der Waals surface area contributed by atoms with E-state index in [0.29, 0.717) is 6.42 Å². The monoisotopic (exact) mass is 236 g/mol. The molecule has 16 heavy (non-hydrogen) atoms. The SMILES string of the molecule is CC.CCC.CO[C@]1(C)CC(O)OCC1O. The molecule has 100 valence electrons. The van der Waals surface area contributed by atoms with E-state index in [1.54, 1.807) is 6.92 Å². The maximum Gasteiger partial charge on any atom is 0.157 e. The second-order valence-corrected chi connectivity index (χ2v) is 3.73. The van der Waals surface area contributed by atoms with Gasteiger partial charge in [-0.25, -0.2) is 0 Å². The Hall–Kier alpha value is -0.160. The summed E-state index contributed by atoms with van der Waals surface area (Å²) in [6.45, 7) is 10.1. The predicted molar refractivity (Wildman–Crippen MR) is 65.3 cm³/mol. The van der Waals surface area contributed by atoms with Crippen LogP contribution in [0.4, 0.5) is 0 Å². The van der Waals surface area contributed by atoms with Crippen molar-refractivity contribution < 1.29 is 19.7 Å². The van der Waals surface area contributed by atoms with Gasteiger partial charge in [-0.05, 0) is 6.92 Å². The van der Waals surface area contributed by atoms with E-state index in [-0.39, 0.29) is 6.61 Å². The highest BCUT2D eigenvalue weighted by molar-refractivity contribution is 4.87. The summed E-state index contributed by atoms with van der Waals surface area (Å²) in [6, 6.07) is 0. The summed E-state index contributed by atoms with van der Waals surface area (Å²) in [5.41, 5.74) is -0.669. The lowest BCUT2D eigenvalue weighted by molar-refractivity contribution is -0.235. The Morgan fingerprint density at radius 1 is 1.31 bits per heavy atom. The van der Waals surface area contributed by atoms with Crippen LogP contribution in [0.25, 0.3) is 0 Å². The van der Waals surface area contributed by atoms with Crippen molar-refractivity contribution in [2.45, 2.75) is 65.5 Å². The Kier molecular flexibility index (Phi) is 11.4. The Labute approximate surface area is 99.6 Å². The molecule has 1 rings (SSSR count). The molecule has 1 heterocycles. The minimum absolute atomic E-state index is 0.130. The molecule has 4 nitrogen and oxygen atoms in total. The van der Waals surface area contributed by atoms with Crippen LogP contribution in [0.3, 0.4) is 0 Å². The Morgan fingerprint density at radius 2 is 1.75 bits per heavy atom. The Morgan fingerprint density at radius 3 is 2.06 bits per heavy atom. The zero-order valence-corrected chi connectivity index (χ0v) is 11.5. The van der Waals surface area contributed by atoms with Crippen molar-refractivity contribution in [2.75, 3.05) is 13.7 Å². The van der Waals surface area contributed by atoms with E-state index in [4.69, 9.17) is 14.6 Å². The van der Waals surface area contributed by atoms with Crippen LogP contribution in [-0.4, -0.2) is 41.9 Å². The highest BCUT2D eigenvalue weighted by atomic mass is 16.6. The van der Waals surface area contributed by atoms with Gasteiger partial charge in [0.05, 0.1) is 12.2 Å². The maximum absolute atomic E-state index is 9.38. The zero-order chi connectivity index (χ0) is 13.2. The molecule has 0 aromatic rings. The molecule has 0 bridgehead atoms. The van der Waals surface area contributed by atoms with E-state index in [1.165, 1.54) is 13.5 Å². The molecular formula is C12H28O4. The summed E-state index contributed by atoms with van der Waals surface area (Å²) < 4.78 is 9.88. The van der Waals surface area contributed by atoms with Crippen molar-refractivity contribution >= 4 is 0 Å². The normalized spacial score (nSPS) is 33.0. The molecule has 2 unspecified atom stereocenters. The van der Waals surface area contributed by atoms with Gasteiger partial charge >= 0.3 is 0 Å². The van der Waals surface area contributed by atoms with Crippen LogP contribution in [0.5, 0.6) is 0 Å². The van der Waals surface area contributed by atoms with E-state index in [0.717, 1.165) is 0 Å². The van der Waals surface area contributed by atoms with Crippen LogP contribution in [0.15, 0.2) is 0 Å². The molecule has 0 aliphatic carbocycles. The van der Waals surface area contributed by atoms with Crippen LogP contribution in [0.2, 0.25) is 0 Å². The van der Waals surface area contributed by atoms with Crippen molar-refractivity contribution in [1.82, 2.24) is 0 Å². The van der Waals surface area contributed by atoms with Gasteiger partial charge in [0, 0.05) is 13.5 Å². The van der Waals surface area contributed by atoms with Crippen LogP contribution in [0, 0.1) is 0 Å². The number of hydrogen-bond donors (Lipinski definition) is 2. The third-order valence-corrected chi connectivity index (χ3v) is 2.20. The third-order valence-electron chi connectivity index (χ3n) is 2.20. The van der Waals surface area contributed by atoms with Gasteiger partial charge in [-0.1, -0.05) is 34.1 Å². The molecular weight excluding hydrogens is 208 g/mol. The number of methoxy groups -OCH3 is 1. The number of ether oxygens (including phenoxy) is 2. The Balaban J connectivity index is 0. The average Bonchev–Trinajstić information content (AvgIpc) is 2.28. The first-order valence-electron chi connectivity index (χ1n) is 6.03. The Bertz CT molecular complexity index is 152. The molecule has 0 aromatic carbocycles. The minimum atomic E-state index is -0.816. The van der Waals surface area contributed by atoms with E-state index in [1.807, 2.05) is 13.8 Å². The number of aliphatic hydroxyl groups excluding tert-OH is 2. The van der Waals surface area contributed by atoms with E-state index < -0.39 is 18.0 Å². The van der Waals surface area contributed by atoms with Gasteiger partial charge in [-0.2, -0.15) is 0 Å². The van der Waals surface area contributed by atoms with Gasteiger partial charge in [-0.3, -0.25) is 0 Å². The van der Waals surface area contributed by atoms with Crippen molar-refractivity contribution in [3.8, 4) is 0 Å². The van der Waals surface area contributed by atoms with Crippen LogP contribution in [0.1, 0.15) is 47.5 Å². The van der Waals surface area contributed by atoms with Crippen molar-refractivity contribution in [3.05, 3.63) is 0 Å². The molecule has 1 saturated heterocycles. The van der Waals surface area contributed by atoms with Gasteiger partial charge in [0.1, 0.15) is 6.10 Å². The molecule has 0 amide bonds. The smallest absolute Gasteiger partial charge is 0.157 e. The van der Waals surface area contributed by atoms with E-state index in [9.17, 15) is 5.11 Å². The fourth-order valence-electron chi connectivity index (χ4n) is 1.14. The first-order valence-corrected chi connectivity index (χ1v) is 6.03. The van der Waals surface area contributed by atoms with E-state index >= 15 is 0 Å². The van der Waals surface area contributed by atoms with Crippen molar-refractivity contribution in [2.24, 2.45) is 0 Å². The maximum atomic E-state index is 9.38. The lowest BCUT2D eigenvalue weighted by atomic mass is 9.93. The van der Waals surface area contributed by atoms with Gasteiger partial charge in [0.25, 0.3) is 0 Å². The van der Waals surface area contributed by atoms with Gasteiger partial charge in [0.15, 0.2) is 6.29 Å². The first kappa shape index (κ1) is 18.2. The molecule has 1 fully saturated rings. The van der Waals surface area contributed by atoms with Crippen molar-refractivity contribution in [3.63, 3.8) is 0 Å². The first-order chi connectivity index (χ1) is 7.50. The topological polar surface area (TPSA) is 58.9 Å². The summed E-state index contributed by atoms with van der Waals surface area (Å²) in [6.07, 6.45) is 0.0873. The molecule has 0 saturated carbocycles. The summed E-state index contributed by atoms with van der Waals surface area (Å²) >= 11 is 0. The lowest BCUT2D eigenvalue weighted by Crippen LogP contribution is -2.51. The minimum Gasteiger partial charge on any atom is -0.388 e. The lowest BCUT2D eigenvalue weighted by Gasteiger charge is -2.38. The quantitative estimate of drug-likeness (QED) is 0.730. The molecule has 1 aliphatic rings. The molecule has 4 heteroatoms. The van der Waals surface area contributed by atoms with Gasteiger partial charge < -0.3 is 19.7 Å². The zero-order valence-electron chi connectivity index (χ0n) is 11.5. The third kappa shape index (κ3) is 6.43. The van der Waals surface area contributed by atoms with Crippen LogP contribution < -0.4 is 0 Å². The number of hydrogen-bond acceptors (Lipinski definition) is 4. The fraction of sp³-hybridized carbons (Fsp3) is 1.00. The molecule has 2 N–H and O–H groups in total. The van der Waals surface area contributed by atoms with Gasteiger partial charge in [-0.15, -0.1) is 0 Å². The van der Waals surface area contributed by atoms with Gasteiger partial charge in [0.2, 0.25) is 0 Å². The molecule has 0 aromatic heterocycles. The largest absolute Gasteiger partial charge is 0.388 e. The highest BCUT2D eigenvalue weighted by Gasteiger charge is 2.39. The molecule has 3 atom stereocenters. The summed E-state index contributed by atoms with van der Waals surface area (Å²) in [4.78, 5) is 0. The number of aliphatic hydroxyl groups is 2. The molecule has 0 spiro atoms. The highest BCUT2D eigenvalue weighted by Crippen LogP contribution is 2.26. The average molecular weight is 236 g/mol. The molecule has 1 aliphatic heterocycles. The van der Waals surface area contributed by atoms with E-state index in [2.05, 4.69) is 13.8 Å². The number of rotatable bonds is 1. The molecule has 0 radical (unpaired) electrons. The standard InChI is InChI=1S/C7H14O4.C3H8.C2H6/c1-7(10-2)3-6(9)11-4-5(7)8;1-3-2;1-2/h5-6,8-9H,3-4H2,1-2H3;3H2,1-2H3;1-2H3/t5?,6?,7-;;/m1../s1. The fourth-order valence-corrected chi connectivity index (χ4v) is 1.14. The van der Waals surface area contributed by atoms with Crippen LogP contribution >= 0.6 is 0 Å². The predicted octanol–water partition coefficient (Wildman–Crippen LogP) is 1.93. The second-order valence-electron chi connectivity index (χ2n) is 3.73. The van der Waals surface area contributed by atoms with Crippen molar-refractivity contribution in [1.29, 1.82) is 0 Å². The summed E-state index contributed by atoms with van der Waals surface area (Å²) in [7, 11) is 1.52. The second kappa shape index (κ2) is 10.0.